The number of fused-ring (bicyclic) bond motifs is 7. The molecule has 0 saturated heterocycles. The van der Waals surface area contributed by atoms with Crippen molar-refractivity contribution in [1.29, 1.82) is 0 Å². The summed E-state index contributed by atoms with van der Waals surface area (Å²) in [5.74, 6) is 0. The van der Waals surface area contributed by atoms with Crippen molar-refractivity contribution in [2.75, 3.05) is 4.90 Å². The van der Waals surface area contributed by atoms with Crippen LogP contribution in [-0.4, -0.2) is 4.57 Å². The molecular weight excluding hydrogens is 669 g/mol. The maximum absolute atomic E-state index is 6.26. The van der Waals surface area contributed by atoms with Crippen molar-refractivity contribution in [2.45, 2.75) is 0 Å². The SMILES string of the molecule is c1cc(-c2cccc3ccccc23)cc(N(c2ccccc2-c2ccc3oc4ccccc4c3c2)c2ccccc2-n2c3ccccc3c3ccccc32)c1. The summed E-state index contributed by atoms with van der Waals surface area (Å²) in [7, 11) is 0. The maximum Gasteiger partial charge on any atom is 0.135 e. The van der Waals surface area contributed by atoms with Gasteiger partial charge in [0.05, 0.1) is 28.1 Å². The highest BCUT2D eigenvalue weighted by Crippen LogP contribution is 2.46. The van der Waals surface area contributed by atoms with E-state index in [1.54, 1.807) is 0 Å². The summed E-state index contributed by atoms with van der Waals surface area (Å²) >= 11 is 0. The molecular formula is C52H34N2O. The molecule has 258 valence electrons. The average Bonchev–Trinajstić information content (AvgIpc) is 3.80. The minimum absolute atomic E-state index is 0.888. The van der Waals surface area contributed by atoms with Crippen molar-refractivity contribution >= 4 is 71.6 Å². The number of hydrogen-bond donors (Lipinski definition) is 0. The Morgan fingerprint density at radius 3 is 1.78 bits per heavy atom. The van der Waals surface area contributed by atoms with Crippen LogP contribution in [0.25, 0.3) is 82.5 Å². The van der Waals surface area contributed by atoms with Gasteiger partial charge in [0.2, 0.25) is 0 Å². The predicted octanol–water partition coefficient (Wildman–Crippen LogP) is 14.6. The number of furan rings is 1. The molecule has 0 aliphatic heterocycles. The van der Waals surface area contributed by atoms with Gasteiger partial charge in [-0.15, -0.1) is 0 Å². The van der Waals surface area contributed by atoms with Crippen LogP contribution in [0.1, 0.15) is 0 Å². The predicted molar refractivity (Wildman–Crippen MR) is 231 cm³/mol. The minimum Gasteiger partial charge on any atom is -0.456 e. The monoisotopic (exact) mass is 702 g/mol. The van der Waals surface area contributed by atoms with E-state index >= 15 is 0 Å². The largest absolute Gasteiger partial charge is 0.456 e. The molecule has 3 nitrogen and oxygen atoms in total. The molecule has 0 aliphatic rings. The first-order chi connectivity index (χ1) is 27.3. The van der Waals surface area contributed by atoms with Crippen LogP contribution in [0.5, 0.6) is 0 Å². The van der Waals surface area contributed by atoms with Crippen molar-refractivity contribution in [3.63, 3.8) is 0 Å². The summed E-state index contributed by atoms with van der Waals surface area (Å²) in [6, 6.07) is 74.1. The third-order valence-corrected chi connectivity index (χ3v) is 11.0. The first kappa shape index (κ1) is 31.2. The van der Waals surface area contributed by atoms with Gasteiger partial charge < -0.3 is 13.9 Å². The standard InChI is InChI=1S/C52H34N2O/c1-2-19-39-35(15-1)16-14-24-40(39)36-17-13-18-38(33-36)53(46-25-7-3-20-41(46)37-31-32-52-45(34-37)44-23-6-12-30-51(44)55-52)49-28-10-11-29-50(49)54-47-26-8-4-21-42(47)43-22-5-9-27-48(43)54/h1-34H. The Bertz CT molecular complexity index is 3180. The molecule has 0 unspecified atom stereocenters. The van der Waals surface area contributed by atoms with Crippen LogP contribution in [-0.2, 0) is 0 Å². The van der Waals surface area contributed by atoms with Gasteiger partial charge in [0, 0.05) is 32.8 Å². The highest BCUT2D eigenvalue weighted by atomic mass is 16.3. The van der Waals surface area contributed by atoms with Crippen LogP contribution in [0, 0.1) is 0 Å². The molecule has 0 spiro atoms. The summed E-state index contributed by atoms with van der Waals surface area (Å²) in [6.45, 7) is 0. The van der Waals surface area contributed by atoms with Crippen molar-refractivity contribution in [3.8, 4) is 27.9 Å². The third-order valence-electron chi connectivity index (χ3n) is 11.0. The maximum atomic E-state index is 6.26. The number of rotatable bonds is 6. The van der Waals surface area contributed by atoms with Crippen molar-refractivity contribution < 1.29 is 4.42 Å². The lowest BCUT2D eigenvalue weighted by molar-refractivity contribution is 0.669. The van der Waals surface area contributed by atoms with Crippen LogP contribution in [0.4, 0.5) is 17.1 Å². The number of hydrogen-bond acceptors (Lipinski definition) is 2. The summed E-state index contributed by atoms with van der Waals surface area (Å²) in [6.07, 6.45) is 0. The van der Waals surface area contributed by atoms with Crippen LogP contribution < -0.4 is 4.90 Å². The van der Waals surface area contributed by atoms with E-state index in [1.165, 1.54) is 38.1 Å². The van der Waals surface area contributed by atoms with E-state index < -0.39 is 0 Å². The average molecular weight is 703 g/mol. The Morgan fingerprint density at radius 1 is 0.364 bits per heavy atom. The van der Waals surface area contributed by atoms with Gasteiger partial charge in [0.1, 0.15) is 11.2 Å². The molecule has 0 aliphatic carbocycles. The lowest BCUT2D eigenvalue weighted by atomic mass is 9.97. The molecule has 0 saturated carbocycles. The second-order valence-electron chi connectivity index (χ2n) is 14.1. The molecule has 55 heavy (non-hydrogen) atoms. The number of benzene rings is 9. The van der Waals surface area contributed by atoms with Gasteiger partial charge in [-0.2, -0.15) is 0 Å². The van der Waals surface area contributed by atoms with E-state index in [4.69, 9.17) is 4.42 Å². The molecule has 11 aromatic rings. The Labute approximate surface area is 318 Å². The van der Waals surface area contributed by atoms with E-state index in [1.807, 2.05) is 12.1 Å². The van der Waals surface area contributed by atoms with Gasteiger partial charge in [0.25, 0.3) is 0 Å². The minimum atomic E-state index is 0.888. The van der Waals surface area contributed by atoms with Gasteiger partial charge in [-0.3, -0.25) is 0 Å². The molecule has 11 rings (SSSR count). The van der Waals surface area contributed by atoms with Crippen molar-refractivity contribution in [1.82, 2.24) is 4.57 Å². The van der Waals surface area contributed by atoms with Crippen LogP contribution in [0.3, 0.4) is 0 Å². The fraction of sp³-hybridized carbons (Fsp3) is 0. The van der Waals surface area contributed by atoms with Crippen LogP contribution in [0.15, 0.2) is 211 Å². The van der Waals surface area contributed by atoms with Crippen molar-refractivity contribution in [2.24, 2.45) is 0 Å². The van der Waals surface area contributed by atoms with E-state index in [0.29, 0.717) is 0 Å². The zero-order valence-electron chi connectivity index (χ0n) is 29.9. The third kappa shape index (κ3) is 5.05. The molecule has 2 heterocycles. The van der Waals surface area contributed by atoms with Crippen LogP contribution >= 0.6 is 0 Å². The summed E-state index contributed by atoms with van der Waals surface area (Å²) < 4.78 is 8.68. The highest BCUT2D eigenvalue weighted by molar-refractivity contribution is 6.10. The Balaban J connectivity index is 1.19. The molecule has 0 amide bonds. The van der Waals surface area contributed by atoms with Gasteiger partial charge in [-0.05, 0) is 88.1 Å². The van der Waals surface area contributed by atoms with E-state index in [0.717, 1.165) is 61.4 Å². The normalized spacial score (nSPS) is 11.6. The fourth-order valence-corrected chi connectivity index (χ4v) is 8.53. The van der Waals surface area contributed by atoms with E-state index in [9.17, 15) is 0 Å². The molecule has 2 aromatic heterocycles. The van der Waals surface area contributed by atoms with Crippen molar-refractivity contribution in [3.05, 3.63) is 206 Å². The zero-order chi connectivity index (χ0) is 36.3. The molecule has 0 bridgehead atoms. The lowest BCUT2D eigenvalue weighted by Crippen LogP contribution is -2.14. The summed E-state index contributed by atoms with van der Waals surface area (Å²) in [4.78, 5) is 2.44. The second-order valence-corrected chi connectivity index (χ2v) is 14.1. The molecule has 0 fully saturated rings. The van der Waals surface area contributed by atoms with Gasteiger partial charge in [0.15, 0.2) is 0 Å². The number of anilines is 3. The Kier molecular flexibility index (Phi) is 7.17. The molecule has 0 atom stereocenters. The molecule has 0 radical (unpaired) electrons. The first-order valence-electron chi connectivity index (χ1n) is 18.8. The number of para-hydroxylation sites is 6. The molecule has 0 N–H and O–H groups in total. The van der Waals surface area contributed by atoms with E-state index in [-0.39, 0.29) is 0 Å². The quantitative estimate of drug-likeness (QED) is 0.172. The van der Waals surface area contributed by atoms with E-state index in [2.05, 4.69) is 204 Å². The molecule has 9 aromatic carbocycles. The number of nitrogens with zero attached hydrogens (tertiary/aromatic N) is 2. The summed E-state index contributed by atoms with van der Waals surface area (Å²) in [5.41, 5.74) is 13.1. The lowest BCUT2D eigenvalue weighted by Gasteiger charge is -2.30. The topological polar surface area (TPSA) is 21.3 Å². The van der Waals surface area contributed by atoms with Gasteiger partial charge in [-0.1, -0.05) is 146 Å². The smallest absolute Gasteiger partial charge is 0.135 e. The fourth-order valence-electron chi connectivity index (χ4n) is 8.53. The Morgan fingerprint density at radius 2 is 0.945 bits per heavy atom. The molecule has 3 heteroatoms. The van der Waals surface area contributed by atoms with Gasteiger partial charge in [-0.25, -0.2) is 0 Å². The first-order valence-corrected chi connectivity index (χ1v) is 18.8. The van der Waals surface area contributed by atoms with Gasteiger partial charge >= 0.3 is 0 Å². The summed E-state index contributed by atoms with van der Waals surface area (Å²) in [5, 5.41) is 7.16. The zero-order valence-corrected chi connectivity index (χ0v) is 29.9. The second kappa shape index (κ2) is 12.6. The number of aromatic nitrogens is 1. The highest BCUT2D eigenvalue weighted by Gasteiger charge is 2.23. The Hall–Kier alpha value is -7.36. The van der Waals surface area contributed by atoms with Crippen LogP contribution in [0.2, 0.25) is 0 Å².